The number of morpholine rings is 1. The lowest BCUT2D eigenvalue weighted by atomic mass is 10.00. The minimum atomic E-state index is 0. The summed E-state index contributed by atoms with van der Waals surface area (Å²) in [5, 5.41) is 0. The average Bonchev–Trinajstić information content (AvgIpc) is 3.45. The van der Waals surface area contributed by atoms with Crippen LogP contribution in [0.15, 0.2) is 0 Å². The van der Waals surface area contributed by atoms with E-state index in [1.807, 2.05) is 0 Å². The van der Waals surface area contributed by atoms with E-state index in [0.717, 1.165) is 44.2 Å². The van der Waals surface area contributed by atoms with Gasteiger partial charge < -0.3 is 34.1 Å². The van der Waals surface area contributed by atoms with Gasteiger partial charge in [0.05, 0.1) is 13.2 Å². The van der Waals surface area contributed by atoms with Crippen molar-refractivity contribution in [2.24, 2.45) is 11.8 Å². The number of ether oxygens (including phenoxy) is 1. The van der Waals surface area contributed by atoms with E-state index in [2.05, 4.69) is 92.5 Å². The van der Waals surface area contributed by atoms with Crippen LogP contribution in [0, 0.1) is 11.8 Å². The monoisotopic (exact) mass is 543 g/mol. The molecule has 0 aliphatic carbocycles. The van der Waals surface area contributed by atoms with Gasteiger partial charge in [0.1, 0.15) is 0 Å². The Labute approximate surface area is 239 Å². The average molecular weight is 543 g/mol. The summed E-state index contributed by atoms with van der Waals surface area (Å²) in [6, 6.07) is 0.847. The van der Waals surface area contributed by atoms with Crippen molar-refractivity contribution < 1.29 is 4.74 Å². The quantitative estimate of drug-likeness (QED) is 0.459. The predicted octanol–water partition coefficient (Wildman–Crippen LogP) is 3.85. The first-order chi connectivity index (χ1) is 17.6. The Morgan fingerprint density at radius 1 is 0.474 bits per heavy atom. The maximum absolute atomic E-state index is 5.10. The SMILES string of the molecule is C.CC1CCCN1C.CC1CCN(C)C1.CC1CCN(C)CC1.CN1CCN(C)CC1.CN1CCOCC1. The standard InChI is InChI=1S/C7H15N.C6H14N2.2C6H13N.C5H11NO.CH4/c2*1-7-3-5-8(2)6-4-7;1-6-3-4-7(2)5-6;1-6-4-3-5-7(6)2;1-6-2-4-7-5-3-6;/h7H,3-6H2,1-2H3;3-6H2,1-2H3;2*6H,3-5H2,1-2H3;2-5H2,1H3;1H4. The first kappa shape index (κ1) is 37.7. The van der Waals surface area contributed by atoms with Gasteiger partial charge in [-0.3, -0.25) is 0 Å². The molecule has 0 bridgehead atoms. The van der Waals surface area contributed by atoms with Crippen molar-refractivity contribution in [1.29, 1.82) is 0 Å². The molecule has 2 atom stereocenters. The van der Waals surface area contributed by atoms with Crippen LogP contribution in [-0.2, 0) is 4.74 Å². The first-order valence-electron chi connectivity index (χ1n) is 15.3. The van der Waals surface area contributed by atoms with E-state index >= 15 is 0 Å². The van der Waals surface area contributed by atoms with Gasteiger partial charge in [-0.2, -0.15) is 0 Å². The number of likely N-dealkylation sites (tertiary alicyclic amines) is 3. The lowest BCUT2D eigenvalue weighted by Gasteiger charge is -2.28. The van der Waals surface area contributed by atoms with Crippen molar-refractivity contribution in [2.45, 2.75) is 66.3 Å². The van der Waals surface area contributed by atoms with Crippen LogP contribution in [0.2, 0.25) is 0 Å². The highest BCUT2D eigenvalue weighted by Gasteiger charge is 2.14. The van der Waals surface area contributed by atoms with E-state index in [9.17, 15) is 0 Å². The molecule has 5 aliphatic heterocycles. The molecule has 0 N–H and O–H groups in total. The zero-order valence-electron chi connectivity index (χ0n) is 26.6. The van der Waals surface area contributed by atoms with Crippen LogP contribution < -0.4 is 0 Å². The zero-order chi connectivity index (χ0) is 27.6. The minimum Gasteiger partial charge on any atom is -0.379 e. The Bertz CT molecular complexity index is 456. The Kier molecular flexibility index (Phi) is 22.2. The molecular formula is C31H70N6O. The van der Waals surface area contributed by atoms with Crippen molar-refractivity contribution in [2.75, 3.05) is 127 Å². The molecule has 2 unspecified atom stereocenters. The number of likely N-dealkylation sites (N-methyl/N-ethyl adjacent to an activating group) is 3. The Hall–Kier alpha value is -0.280. The van der Waals surface area contributed by atoms with Gasteiger partial charge in [-0.15, -0.1) is 0 Å². The molecule has 5 rings (SSSR count). The van der Waals surface area contributed by atoms with Crippen LogP contribution in [-0.4, -0.2) is 163 Å². The summed E-state index contributed by atoms with van der Waals surface area (Å²) in [6.45, 7) is 22.4. The number of hydrogen-bond acceptors (Lipinski definition) is 7. The van der Waals surface area contributed by atoms with Crippen LogP contribution >= 0.6 is 0 Å². The number of nitrogens with zero attached hydrogens (tertiary/aromatic N) is 6. The van der Waals surface area contributed by atoms with E-state index in [1.165, 1.54) is 91.0 Å². The van der Waals surface area contributed by atoms with Gasteiger partial charge in [-0.1, -0.05) is 21.3 Å². The van der Waals surface area contributed by atoms with E-state index < -0.39 is 0 Å². The lowest BCUT2D eigenvalue weighted by molar-refractivity contribution is 0.0503. The lowest BCUT2D eigenvalue weighted by Crippen LogP contribution is -2.42. The molecule has 0 spiro atoms. The van der Waals surface area contributed by atoms with Crippen molar-refractivity contribution in [1.82, 2.24) is 29.4 Å². The molecule has 5 saturated heterocycles. The highest BCUT2D eigenvalue weighted by molar-refractivity contribution is 4.70. The van der Waals surface area contributed by atoms with Gasteiger partial charge in [0.25, 0.3) is 0 Å². The van der Waals surface area contributed by atoms with Gasteiger partial charge in [0.15, 0.2) is 0 Å². The Morgan fingerprint density at radius 2 is 0.895 bits per heavy atom. The third-order valence-electron chi connectivity index (χ3n) is 8.48. The van der Waals surface area contributed by atoms with E-state index in [0.29, 0.717) is 0 Å². The molecule has 0 saturated carbocycles. The second kappa shape index (κ2) is 22.4. The molecule has 0 aromatic rings. The third kappa shape index (κ3) is 19.7. The fourth-order valence-electron chi connectivity index (χ4n) is 4.93. The maximum atomic E-state index is 5.10. The smallest absolute Gasteiger partial charge is 0.0594 e. The molecule has 0 aromatic carbocycles. The van der Waals surface area contributed by atoms with Gasteiger partial charge >= 0.3 is 0 Å². The summed E-state index contributed by atoms with van der Waals surface area (Å²) in [5.74, 6) is 1.93. The Balaban J connectivity index is 0.000000448. The highest BCUT2D eigenvalue weighted by Crippen LogP contribution is 2.14. The van der Waals surface area contributed by atoms with E-state index in [-0.39, 0.29) is 7.43 Å². The van der Waals surface area contributed by atoms with Crippen LogP contribution in [0.3, 0.4) is 0 Å². The molecule has 0 radical (unpaired) electrons. The minimum absolute atomic E-state index is 0. The largest absolute Gasteiger partial charge is 0.379 e. The fraction of sp³-hybridized carbons (Fsp3) is 1.00. The van der Waals surface area contributed by atoms with Gasteiger partial charge in [0.2, 0.25) is 0 Å². The van der Waals surface area contributed by atoms with E-state index in [1.54, 1.807) is 0 Å². The van der Waals surface area contributed by atoms with Crippen LogP contribution in [0.1, 0.15) is 60.3 Å². The van der Waals surface area contributed by atoms with Gasteiger partial charge in [-0.25, -0.2) is 0 Å². The number of piperazine rings is 1. The summed E-state index contributed by atoms with van der Waals surface area (Å²) >= 11 is 0. The number of rotatable bonds is 0. The highest BCUT2D eigenvalue weighted by atomic mass is 16.5. The Morgan fingerprint density at radius 3 is 1.13 bits per heavy atom. The van der Waals surface area contributed by atoms with Crippen LogP contribution in [0.25, 0.3) is 0 Å². The normalized spacial score (nSPS) is 28.3. The molecular weight excluding hydrogens is 472 g/mol. The van der Waals surface area contributed by atoms with Crippen molar-refractivity contribution in [3.63, 3.8) is 0 Å². The summed E-state index contributed by atoms with van der Waals surface area (Å²) in [6.07, 6.45) is 7.00. The second-order valence-electron chi connectivity index (χ2n) is 12.6. The molecule has 5 heterocycles. The third-order valence-corrected chi connectivity index (χ3v) is 8.48. The summed E-state index contributed by atoms with van der Waals surface area (Å²) in [5.41, 5.74) is 0. The van der Waals surface area contributed by atoms with Crippen molar-refractivity contribution in [3.05, 3.63) is 0 Å². The molecule has 230 valence electrons. The van der Waals surface area contributed by atoms with Gasteiger partial charge in [-0.05, 0) is 119 Å². The summed E-state index contributed by atoms with van der Waals surface area (Å²) in [4.78, 5) is 14.2. The number of hydrogen-bond donors (Lipinski definition) is 0. The molecule has 0 amide bonds. The summed E-state index contributed by atoms with van der Waals surface area (Å²) in [7, 11) is 13.0. The predicted molar refractivity (Wildman–Crippen MR) is 169 cm³/mol. The second-order valence-corrected chi connectivity index (χ2v) is 12.6. The zero-order valence-corrected chi connectivity index (χ0v) is 26.6. The van der Waals surface area contributed by atoms with Crippen molar-refractivity contribution in [3.8, 4) is 0 Å². The molecule has 5 aliphatic rings. The van der Waals surface area contributed by atoms with Crippen LogP contribution in [0.5, 0.6) is 0 Å². The van der Waals surface area contributed by atoms with Gasteiger partial charge in [0, 0.05) is 51.9 Å². The topological polar surface area (TPSA) is 28.7 Å². The maximum Gasteiger partial charge on any atom is 0.0594 e. The van der Waals surface area contributed by atoms with Crippen LogP contribution in [0.4, 0.5) is 0 Å². The molecule has 7 nitrogen and oxygen atoms in total. The molecule has 7 heteroatoms. The molecule has 0 aromatic heterocycles. The summed E-state index contributed by atoms with van der Waals surface area (Å²) < 4.78 is 5.10. The number of piperidine rings is 1. The molecule has 38 heavy (non-hydrogen) atoms. The van der Waals surface area contributed by atoms with Crippen molar-refractivity contribution >= 4 is 0 Å². The van der Waals surface area contributed by atoms with E-state index in [4.69, 9.17) is 4.74 Å². The molecule has 5 fully saturated rings. The fourth-order valence-corrected chi connectivity index (χ4v) is 4.93. The first-order valence-corrected chi connectivity index (χ1v) is 15.3.